The number of hydrogen-bond donors (Lipinski definition) is 1. The maximum atomic E-state index is 12.1. The van der Waals surface area contributed by atoms with Gasteiger partial charge in [0.1, 0.15) is 11.1 Å². The Labute approximate surface area is 107 Å². The summed E-state index contributed by atoms with van der Waals surface area (Å²) in [4.78, 5) is 11.2. The molecule has 1 aromatic rings. The predicted molar refractivity (Wildman–Crippen MR) is 60.3 cm³/mol. The second-order valence-electron chi connectivity index (χ2n) is 3.49. The van der Waals surface area contributed by atoms with E-state index < -0.39 is 17.6 Å². The number of carbonyl (C=O) groups excluding carboxylic acids is 1. The van der Waals surface area contributed by atoms with Gasteiger partial charge < -0.3 is 10.1 Å². The minimum atomic E-state index is -4.76. The molecule has 0 aliphatic heterocycles. The topological polar surface area (TPSA) is 38.3 Å². The molecule has 0 radical (unpaired) electrons. The van der Waals surface area contributed by atoms with E-state index in [1.807, 2.05) is 0 Å². The minimum Gasteiger partial charge on any atom is -0.405 e. The van der Waals surface area contributed by atoms with Crippen LogP contribution in [0.4, 0.5) is 13.2 Å². The molecule has 1 aromatic carbocycles. The second kappa shape index (κ2) is 5.95. The van der Waals surface area contributed by atoms with E-state index in [-0.39, 0.29) is 17.9 Å². The summed E-state index contributed by atoms with van der Waals surface area (Å²) in [6.45, 7) is 1.39. The molecular formula is C11H11ClF3NO2. The van der Waals surface area contributed by atoms with Gasteiger partial charge in [0.15, 0.2) is 0 Å². The fraction of sp³-hybridized carbons (Fsp3) is 0.364. The lowest BCUT2D eigenvalue weighted by molar-refractivity contribution is -0.274. The fourth-order valence-electron chi connectivity index (χ4n) is 1.20. The Morgan fingerprint density at radius 2 is 2.06 bits per heavy atom. The van der Waals surface area contributed by atoms with E-state index in [0.717, 1.165) is 0 Å². The zero-order valence-corrected chi connectivity index (χ0v) is 10.2. The first-order chi connectivity index (χ1) is 8.29. The van der Waals surface area contributed by atoms with Crippen molar-refractivity contribution in [1.29, 1.82) is 0 Å². The molecule has 0 aliphatic carbocycles. The lowest BCUT2D eigenvalue weighted by Crippen LogP contribution is -2.29. The van der Waals surface area contributed by atoms with Crippen molar-refractivity contribution in [3.05, 3.63) is 29.8 Å². The Morgan fingerprint density at radius 1 is 1.44 bits per heavy atom. The van der Waals surface area contributed by atoms with Crippen molar-refractivity contribution in [2.24, 2.45) is 0 Å². The molecule has 0 aromatic heterocycles. The molecular weight excluding hydrogens is 271 g/mol. The summed E-state index contributed by atoms with van der Waals surface area (Å²) in [5.74, 6) is -0.800. The van der Waals surface area contributed by atoms with E-state index in [1.54, 1.807) is 6.07 Å². The standard InChI is InChI=1S/C11H11ClF3NO2/c1-7(12)10(17)16-6-8-4-2-3-5-9(8)18-11(13,14)15/h2-5,7H,6H2,1H3,(H,16,17). The number of benzene rings is 1. The van der Waals surface area contributed by atoms with Crippen LogP contribution in [0.2, 0.25) is 0 Å². The van der Waals surface area contributed by atoms with Crippen molar-refractivity contribution < 1.29 is 22.7 Å². The molecule has 1 amide bonds. The van der Waals surface area contributed by atoms with Crippen LogP contribution in [0.15, 0.2) is 24.3 Å². The monoisotopic (exact) mass is 281 g/mol. The van der Waals surface area contributed by atoms with Crippen LogP contribution in [0.5, 0.6) is 5.75 Å². The summed E-state index contributed by atoms with van der Waals surface area (Å²) in [7, 11) is 0. The summed E-state index contributed by atoms with van der Waals surface area (Å²) < 4.78 is 40.2. The molecule has 0 aliphatic rings. The smallest absolute Gasteiger partial charge is 0.405 e. The first kappa shape index (κ1) is 14.6. The van der Waals surface area contributed by atoms with Crippen molar-refractivity contribution in [2.45, 2.75) is 25.2 Å². The SMILES string of the molecule is CC(Cl)C(=O)NCc1ccccc1OC(F)(F)F. The summed E-state index contributed by atoms with van der Waals surface area (Å²) in [6.07, 6.45) is -4.76. The number of nitrogens with one attached hydrogen (secondary N) is 1. The molecule has 1 rings (SSSR count). The van der Waals surface area contributed by atoms with Gasteiger partial charge in [0.05, 0.1) is 0 Å². The van der Waals surface area contributed by atoms with Gasteiger partial charge >= 0.3 is 6.36 Å². The quantitative estimate of drug-likeness (QED) is 0.862. The van der Waals surface area contributed by atoms with Gasteiger partial charge in [-0.2, -0.15) is 0 Å². The molecule has 1 N–H and O–H groups in total. The van der Waals surface area contributed by atoms with Crippen molar-refractivity contribution in [2.75, 3.05) is 0 Å². The normalized spacial score (nSPS) is 12.9. The first-order valence-corrected chi connectivity index (χ1v) is 5.48. The zero-order valence-electron chi connectivity index (χ0n) is 9.42. The molecule has 0 spiro atoms. The molecule has 18 heavy (non-hydrogen) atoms. The van der Waals surface area contributed by atoms with Gasteiger partial charge in [0.25, 0.3) is 0 Å². The third-order valence-corrected chi connectivity index (χ3v) is 2.21. The molecule has 0 saturated carbocycles. The van der Waals surface area contributed by atoms with Gasteiger partial charge in [-0.3, -0.25) is 4.79 Å². The van der Waals surface area contributed by atoms with Crippen LogP contribution < -0.4 is 10.1 Å². The van der Waals surface area contributed by atoms with Crippen LogP contribution in [0, 0.1) is 0 Å². The molecule has 0 heterocycles. The number of amides is 1. The number of alkyl halides is 4. The number of rotatable bonds is 4. The molecule has 0 fully saturated rings. The van der Waals surface area contributed by atoms with Crippen molar-refractivity contribution in [1.82, 2.24) is 5.32 Å². The van der Waals surface area contributed by atoms with Gasteiger partial charge in [-0.05, 0) is 13.0 Å². The highest BCUT2D eigenvalue weighted by molar-refractivity contribution is 6.30. The summed E-state index contributed by atoms with van der Waals surface area (Å²) in [5, 5.41) is 1.66. The third-order valence-electron chi connectivity index (χ3n) is 2.01. The Kier molecular flexibility index (Phi) is 4.84. The molecule has 1 atom stereocenters. The predicted octanol–water partition coefficient (Wildman–Crippen LogP) is 2.83. The Balaban J connectivity index is 2.74. The molecule has 3 nitrogen and oxygen atoms in total. The van der Waals surface area contributed by atoms with Crippen molar-refractivity contribution in [3.63, 3.8) is 0 Å². The Hall–Kier alpha value is -1.43. The van der Waals surface area contributed by atoms with E-state index in [4.69, 9.17) is 11.6 Å². The van der Waals surface area contributed by atoms with Crippen LogP contribution in [-0.2, 0) is 11.3 Å². The Morgan fingerprint density at radius 3 is 2.61 bits per heavy atom. The summed E-state index contributed by atoms with van der Waals surface area (Å²) >= 11 is 5.52. The van der Waals surface area contributed by atoms with E-state index in [1.165, 1.54) is 25.1 Å². The highest BCUT2D eigenvalue weighted by Gasteiger charge is 2.31. The molecule has 100 valence electrons. The number of hydrogen-bond acceptors (Lipinski definition) is 2. The molecule has 7 heteroatoms. The van der Waals surface area contributed by atoms with Crippen LogP contribution in [0.1, 0.15) is 12.5 Å². The number of halogens is 4. The largest absolute Gasteiger partial charge is 0.573 e. The average Bonchev–Trinajstić information content (AvgIpc) is 2.25. The number of carbonyl (C=O) groups is 1. The maximum Gasteiger partial charge on any atom is 0.573 e. The van der Waals surface area contributed by atoms with Crippen LogP contribution in [0.25, 0.3) is 0 Å². The molecule has 1 unspecified atom stereocenters. The minimum absolute atomic E-state index is 0.0812. The van der Waals surface area contributed by atoms with E-state index in [2.05, 4.69) is 10.1 Å². The van der Waals surface area contributed by atoms with Crippen LogP contribution in [0.3, 0.4) is 0 Å². The number of para-hydroxylation sites is 1. The highest BCUT2D eigenvalue weighted by Crippen LogP contribution is 2.26. The van der Waals surface area contributed by atoms with Crippen LogP contribution in [-0.4, -0.2) is 17.6 Å². The van der Waals surface area contributed by atoms with E-state index in [9.17, 15) is 18.0 Å². The fourth-order valence-corrected chi connectivity index (χ4v) is 1.27. The Bertz CT molecular complexity index is 421. The van der Waals surface area contributed by atoms with Gasteiger partial charge in [0.2, 0.25) is 5.91 Å². The van der Waals surface area contributed by atoms with Crippen molar-refractivity contribution >= 4 is 17.5 Å². The van der Waals surface area contributed by atoms with E-state index in [0.29, 0.717) is 0 Å². The maximum absolute atomic E-state index is 12.1. The lowest BCUT2D eigenvalue weighted by Gasteiger charge is -2.13. The average molecular weight is 282 g/mol. The third kappa shape index (κ3) is 4.83. The number of ether oxygens (including phenoxy) is 1. The molecule has 0 saturated heterocycles. The summed E-state index contributed by atoms with van der Waals surface area (Å²) in [5.41, 5.74) is 0.223. The van der Waals surface area contributed by atoms with Crippen molar-refractivity contribution in [3.8, 4) is 5.75 Å². The van der Waals surface area contributed by atoms with E-state index >= 15 is 0 Å². The van der Waals surface area contributed by atoms with Gasteiger partial charge in [-0.25, -0.2) is 0 Å². The zero-order chi connectivity index (χ0) is 13.8. The highest BCUT2D eigenvalue weighted by atomic mass is 35.5. The van der Waals surface area contributed by atoms with Crippen LogP contribution >= 0.6 is 11.6 Å². The van der Waals surface area contributed by atoms with Gasteiger partial charge in [0, 0.05) is 12.1 Å². The second-order valence-corrected chi connectivity index (χ2v) is 4.14. The van der Waals surface area contributed by atoms with Gasteiger partial charge in [-0.1, -0.05) is 18.2 Å². The summed E-state index contributed by atoms with van der Waals surface area (Å²) in [6, 6.07) is 5.57. The molecule has 0 bridgehead atoms. The lowest BCUT2D eigenvalue weighted by atomic mass is 10.2. The van der Waals surface area contributed by atoms with Gasteiger partial charge in [-0.15, -0.1) is 24.8 Å². The first-order valence-electron chi connectivity index (χ1n) is 5.05.